The van der Waals surface area contributed by atoms with E-state index in [1.165, 1.54) is 81.0 Å². The molecule has 0 saturated carbocycles. The summed E-state index contributed by atoms with van der Waals surface area (Å²) in [6.45, 7) is 0. The lowest BCUT2D eigenvalue weighted by Gasteiger charge is -2.26. The minimum absolute atomic E-state index is 1.12. The van der Waals surface area contributed by atoms with Gasteiger partial charge in [-0.3, -0.25) is 0 Å². The average molecular weight is 745 g/mol. The SMILES string of the molecule is c1ccc(-c2cccc(N(c3ccccc3)c3ccc(-c4ccc5sc6c(-c7ccc8c(c7)c7ccccc7n8-c7ccccc7)cccc6c5c4)cc3)c2)cc1. The Morgan fingerprint density at radius 2 is 0.895 bits per heavy atom. The lowest BCUT2D eigenvalue weighted by Crippen LogP contribution is -2.09. The Bertz CT molecular complexity index is 3220. The monoisotopic (exact) mass is 744 g/mol. The van der Waals surface area contributed by atoms with Gasteiger partial charge in [-0.25, -0.2) is 0 Å². The first-order valence-corrected chi connectivity index (χ1v) is 20.2. The van der Waals surface area contributed by atoms with Crippen molar-refractivity contribution in [2.24, 2.45) is 0 Å². The van der Waals surface area contributed by atoms with Gasteiger partial charge in [0.2, 0.25) is 0 Å². The molecule has 0 spiro atoms. The molecule has 0 atom stereocenters. The van der Waals surface area contributed by atoms with Gasteiger partial charge in [0.15, 0.2) is 0 Å². The summed E-state index contributed by atoms with van der Waals surface area (Å²) in [4.78, 5) is 2.34. The summed E-state index contributed by atoms with van der Waals surface area (Å²) in [5.41, 5.74) is 14.3. The van der Waals surface area contributed by atoms with E-state index < -0.39 is 0 Å². The van der Waals surface area contributed by atoms with Crippen LogP contribution >= 0.6 is 11.3 Å². The van der Waals surface area contributed by atoms with E-state index in [0.29, 0.717) is 0 Å². The van der Waals surface area contributed by atoms with Crippen LogP contribution in [0.15, 0.2) is 218 Å². The first-order chi connectivity index (χ1) is 28.3. The molecular formula is C54H36N2S. The van der Waals surface area contributed by atoms with Crippen LogP contribution in [0.3, 0.4) is 0 Å². The standard InChI is InChI=1S/C54H36N2S/c1-4-14-37(15-5-1)39-16-12-21-45(34-39)55(42-17-6-2-7-18-42)44-30-26-38(27-31-44)40-29-33-53-50(35-40)48-24-13-23-46(54(48)57-53)41-28-32-52-49(36-41)47-22-10-11-25-51(47)56(52)43-19-8-3-9-20-43/h1-36H. The van der Waals surface area contributed by atoms with E-state index in [0.717, 1.165) is 17.1 Å². The first-order valence-electron chi connectivity index (χ1n) is 19.4. The minimum Gasteiger partial charge on any atom is -0.310 e. The molecule has 2 nitrogen and oxygen atoms in total. The maximum absolute atomic E-state index is 2.39. The Labute approximate surface area is 335 Å². The lowest BCUT2D eigenvalue weighted by atomic mass is 9.99. The van der Waals surface area contributed by atoms with Crippen LogP contribution in [-0.4, -0.2) is 4.57 Å². The zero-order chi connectivity index (χ0) is 37.7. The molecule has 0 radical (unpaired) electrons. The van der Waals surface area contributed by atoms with Gasteiger partial charge in [-0.15, -0.1) is 11.3 Å². The number of anilines is 3. The van der Waals surface area contributed by atoms with E-state index in [2.05, 4.69) is 228 Å². The molecule has 11 aromatic rings. The van der Waals surface area contributed by atoms with Gasteiger partial charge in [-0.05, 0) is 112 Å². The molecule has 0 aliphatic carbocycles. The molecule has 9 aromatic carbocycles. The third-order valence-electron chi connectivity index (χ3n) is 11.2. The van der Waals surface area contributed by atoms with Crippen molar-refractivity contribution in [1.29, 1.82) is 0 Å². The molecule has 0 amide bonds. The number of rotatable bonds is 7. The van der Waals surface area contributed by atoms with Gasteiger partial charge in [-0.2, -0.15) is 0 Å². The number of nitrogens with zero attached hydrogens (tertiary/aromatic N) is 2. The molecule has 11 rings (SSSR count). The third-order valence-corrected chi connectivity index (χ3v) is 12.4. The fourth-order valence-corrected chi connectivity index (χ4v) is 9.70. The zero-order valence-corrected chi connectivity index (χ0v) is 31.9. The van der Waals surface area contributed by atoms with E-state index in [1.54, 1.807) is 0 Å². The van der Waals surface area contributed by atoms with Crippen molar-refractivity contribution in [1.82, 2.24) is 4.57 Å². The van der Waals surface area contributed by atoms with Gasteiger partial charge < -0.3 is 9.47 Å². The smallest absolute Gasteiger partial charge is 0.0541 e. The van der Waals surface area contributed by atoms with Crippen LogP contribution in [0, 0.1) is 0 Å². The predicted molar refractivity (Wildman–Crippen MR) is 245 cm³/mol. The van der Waals surface area contributed by atoms with Crippen molar-refractivity contribution in [3.8, 4) is 39.1 Å². The molecule has 0 fully saturated rings. The second-order valence-corrected chi connectivity index (χ2v) is 15.6. The average Bonchev–Trinajstić information content (AvgIpc) is 3.83. The maximum Gasteiger partial charge on any atom is 0.0541 e. The quantitative estimate of drug-likeness (QED) is 0.158. The summed E-state index contributed by atoms with van der Waals surface area (Å²) >= 11 is 1.89. The van der Waals surface area contributed by atoms with E-state index in [-0.39, 0.29) is 0 Å². The molecule has 0 aliphatic rings. The number of hydrogen-bond acceptors (Lipinski definition) is 2. The van der Waals surface area contributed by atoms with Crippen molar-refractivity contribution >= 4 is 70.4 Å². The number of hydrogen-bond donors (Lipinski definition) is 0. The predicted octanol–water partition coefficient (Wildman–Crippen LogP) is 15.6. The molecule has 0 unspecified atom stereocenters. The van der Waals surface area contributed by atoms with Gasteiger partial charge in [0, 0.05) is 53.7 Å². The molecule has 2 heterocycles. The maximum atomic E-state index is 2.39. The number of fused-ring (bicyclic) bond motifs is 6. The van der Waals surface area contributed by atoms with Crippen molar-refractivity contribution in [3.63, 3.8) is 0 Å². The summed E-state index contributed by atoms with van der Waals surface area (Å²) in [7, 11) is 0. The Balaban J connectivity index is 0.966. The fraction of sp³-hybridized carbons (Fsp3) is 0. The summed E-state index contributed by atoms with van der Waals surface area (Å²) in [5, 5.41) is 5.13. The normalized spacial score (nSPS) is 11.5. The van der Waals surface area contributed by atoms with Gasteiger partial charge in [-0.1, -0.05) is 140 Å². The summed E-state index contributed by atoms with van der Waals surface area (Å²) in [6.07, 6.45) is 0. The second kappa shape index (κ2) is 13.8. The van der Waals surface area contributed by atoms with Gasteiger partial charge >= 0.3 is 0 Å². The lowest BCUT2D eigenvalue weighted by molar-refractivity contribution is 1.18. The van der Waals surface area contributed by atoms with Gasteiger partial charge in [0.25, 0.3) is 0 Å². The van der Waals surface area contributed by atoms with Crippen LogP contribution in [0.1, 0.15) is 0 Å². The number of thiophene rings is 1. The molecule has 0 N–H and O–H groups in total. The highest BCUT2D eigenvalue weighted by Crippen LogP contribution is 2.44. The van der Waals surface area contributed by atoms with E-state index >= 15 is 0 Å². The summed E-state index contributed by atoms with van der Waals surface area (Å²) in [6, 6.07) is 79.2. The Kier molecular flexibility index (Phi) is 8.04. The third kappa shape index (κ3) is 5.80. The van der Waals surface area contributed by atoms with E-state index in [9.17, 15) is 0 Å². The summed E-state index contributed by atoms with van der Waals surface area (Å²) in [5.74, 6) is 0. The molecule has 0 saturated heterocycles. The van der Waals surface area contributed by atoms with Crippen molar-refractivity contribution < 1.29 is 0 Å². The molecule has 0 bridgehead atoms. The van der Waals surface area contributed by atoms with Crippen LogP contribution in [-0.2, 0) is 0 Å². The topological polar surface area (TPSA) is 8.17 Å². The number of aromatic nitrogens is 1. The number of benzene rings is 9. The fourth-order valence-electron chi connectivity index (χ4n) is 8.48. The highest BCUT2D eigenvalue weighted by Gasteiger charge is 2.17. The highest BCUT2D eigenvalue weighted by atomic mass is 32.1. The zero-order valence-electron chi connectivity index (χ0n) is 31.1. The largest absolute Gasteiger partial charge is 0.310 e. The Hall–Kier alpha value is -7.20. The highest BCUT2D eigenvalue weighted by molar-refractivity contribution is 7.26. The van der Waals surface area contributed by atoms with Crippen molar-refractivity contribution in [2.75, 3.05) is 4.90 Å². The Morgan fingerprint density at radius 1 is 0.333 bits per heavy atom. The van der Waals surface area contributed by atoms with Crippen LogP contribution in [0.5, 0.6) is 0 Å². The van der Waals surface area contributed by atoms with Crippen molar-refractivity contribution in [2.45, 2.75) is 0 Å². The van der Waals surface area contributed by atoms with Crippen LogP contribution < -0.4 is 4.90 Å². The van der Waals surface area contributed by atoms with E-state index in [4.69, 9.17) is 0 Å². The van der Waals surface area contributed by atoms with Gasteiger partial charge in [0.05, 0.1) is 11.0 Å². The number of para-hydroxylation sites is 3. The van der Waals surface area contributed by atoms with E-state index in [1.807, 2.05) is 11.3 Å². The molecule has 0 aliphatic heterocycles. The molecule has 268 valence electrons. The first kappa shape index (κ1) is 33.2. The van der Waals surface area contributed by atoms with Crippen molar-refractivity contribution in [3.05, 3.63) is 218 Å². The summed E-state index contributed by atoms with van der Waals surface area (Å²) < 4.78 is 5.00. The minimum atomic E-state index is 1.12. The molecular weight excluding hydrogens is 709 g/mol. The van der Waals surface area contributed by atoms with Gasteiger partial charge in [0.1, 0.15) is 0 Å². The second-order valence-electron chi connectivity index (χ2n) is 14.5. The van der Waals surface area contributed by atoms with Crippen LogP contribution in [0.2, 0.25) is 0 Å². The molecule has 57 heavy (non-hydrogen) atoms. The van der Waals surface area contributed by atoms with Crippen LogP contribution in [0.25, 0.3) is 81.0 Å². The molecule has 2 aromatic heterocycles. The van der Waals surface area contributed by atoms with Crippen LogP contribution in [0.4, 0.5) is 17.1 Å². The Morgan fingerprint density at radius 3 is 1.72 bits per heavy atom. The molecule has 3 heteroatoms.